The molecular weight excluding hydrogens is 324 g/mol. The fraction of sp³-hybridized carbons (Fsp3) is 0.412. The summed E-state index contributed by atoms with van der Waals surface area (Å²) < 4.78 is 11.5. The van der Waals surface area contributed by atoms with Crippen LogP contribution in [0.5, 0.6) is 0 Å². The van der Waals surface area contributed by atoms with E-state index in [9.17, 15) is 9.59 Å². The minimum Gasteiger partial charge on any atom is -0.462 e. The van der Waals surface area contributed by atoms with Gasteiger partial charge < -0.3 is 14.8 Å². The van der Waals surface area contributed by atoms with Crippen LogP contribution in [0.15, 0.2) is 18.5 Å². The number of aromatic nitrogens is 3. The summed E-state index contributed by atoms with van der Waals surface area (Å²) in [5, 5.41) is 6.58. The Labute approximate surface area is 145 Å². The van der Waals surface area contributed by atoms with E-state index in [2.05, 4.69) is 27.2 Å². The highest BCUT2D eigenvalue weighted by atomic mass is 16.6. The molecule has 2 heterocycles. The molecule has 0 spiro atoms. The zero-order valence-electron chi connectivity index (χ0n) is 14.6. The zero-order valence-corrected chi connectivity index (χ0v) is 14.6. The molecule has 0 aliphatic carbocycles. The summed E-state index contributed by atoms with van der Waals surface area (Å²) in [6, 6.07) is 1.66. The number of fused-ring (bicyclic) bond motifs is 1. The van der Waals surface area contributed by atoms with Gasteiger partial charge in [0.2, 0.25) is 0 Å². The lowest BCUT2D eigenvalue weighted by atomic mass is 10.2. The van der Waals surface area contributed by atoms with Crippen molar-refractivity contribution in [3.05, 3.63) is 29.7 Å². The van der Waals surface area contributed by atoms with E-state index in [0.29, 0.717) is 11.3 Å². The van der Waals surface area contributed by atoms with Crippen LogP contribution < -0.4 is 5.32 Å². The standard InChI is InChI=1S/C17H20N4O4/c1-5-24-15(22)13-11-19-21-10-8-12(20-14(13)21)7-6-9-18-16(23)25-17(2,3)4/h8,10-11H,5,9H2,1-4H3,(H,18,23). The van der Waals surface area contributed by atoms with E-state index in [1.54, 1.807) is 40.0 Å². The molecule has 0 aliphatic heterocycles. The largest absolute Gasteiger partial charge is 0.462 e. The molecule has 1 N–H and O–H groups in total. The minimum atomic E-state index is -0.560. The third-order valence-corrected chi connectivity index (χ3v) is 2.80. The summed E-state index contributed by atoms with van der Waals surface area (Å²) >= 11 is 0. The number of nitrogens with one attached hydrogen (secondary N) is 1. The van der Waals surface area contributed by atoms with Crippen LogP contribution >= 0.6 is 0 Å². The third-order valence-electron chi connectivity index (χ3n) is 2.80. The first kappa shape index (κ1) is 18.3. The predicted octanol–water partition coefficient (Wildman–Crippen LogP) is 1.78. The van der Waals surface area contributed by atoms with Crippen LogP contribution in [0.4, 0.5) is 4.79 Å². The fourth-order valence-electron chi connectivity index (χ4n) is 1.86. The number of nitrogens with zero attached hydrogens (tertiary/aromatic N) is 3. The lowest BCUT2D eigenvalue weighted by Crippen LogP contribution is -2.32. The van der Waals surface area contributed by atoms with Crippen LogP contribution in [0, 0.1) is 11.8 Å². The summed E-state index contributed by atoms with van der Waals surface area (Å²) in [4.78, 5) is 27.7. The maximum atomic E-state index is 11.9. The van der Waals surface area contributed by atoms with Crippen molar-refractivity contribution >= 4 is 17.7 Å². The van der Waals surface area contributed by atoms with Crippen LogP contribution in [-0.4, -0.2) is 45.4 Å². The molecule has 2 rings (SSSR count). The zero-order chi connectivity index (χ0) is 18.4. The van der Waals surface area contributed by atoms with Crippen molar-refractivity contribution in [3.8, 4) is 11.8 Å². The van der Waals surface area contributed by atoms with E-state index in [-0.39, 0.29) is 18.7 Å². The molecule has 132 valence electrons. The number of hydrogen-bond donors (Lipinski definition) is 1. The van der Waals surface area contributed by atoms with E-state index < -0.39 is 17.7 Å². The van der Waals surface area contributed by atoms with Gasteiger partial charge in [0, 0.05) is 6.20 Å². The number of esters is 1. The number of amides is 1. The highest BCUT2D eigenvalue weighted by Crippen LogP contribution is 2.10. The van der Waals surface area contributed by atoms with Crippen molar-refractivity contribution in [1.82, 2.24) is 19.9 Å². The first-order valence-corrected chi connectivity index (χ1v) is 7.77. The molecule has 0 unspecified atom stereocenters. The third kappa shape index (κ3) is 5.21. The van der Waals surface area contributed by atoms with Gasteiger partial charge in [0.15, 0.2) is 5.65 Å². The Bertz CT molecular complexity index is 840. The topological polar surface area (TPSA) is 94.8 Å². The molecule has 0 atom stereocenters. The summed E-state index contributed by atoms with van der Waals surface area (Å²) in [6.45, 7) is 7.46. The van der Waals surface area contributed by atoms with Gasteiger partial charge in [0.1, 0.15) is 16.9 Å². The van der Waals surface area contributed by atoms with Crippen molar-refractivity contribution < 1.29 is 19.1 Å². The molecule has 0 saturated heterocycles. The molecule has 2 aromatic rings. The summed E-state index contributed by atoms with van der Waals surface area (Å²) in [7, 11) is 0. The molecular formula is C17H20N4O4. The Hall–Kier alpha value is -3.08. The first-order valence-electron chi connectivity index (χ1n) is 7.77. The van der Waals surface area contributed by atoms with Crippen molar-refractivity contribution in [1.29, 1.82) is 0 Å². The van der Waals surface area contributed by atoms with Gasteiger partial charge in [-0.3, -0.25) is 0 Å². The number of carbonyl (C=O) groups excluding carboxylic acids is 2. The molecule has 0 saturated carbocycles. The van der Waals surface area contributed by atoms with Gasteiger partial charge in [-0.15, -0.1) is 0 Å². The molecule has 8 nitrogen and oxygen atoms in total. The van der Waals surface area contributed by atoms with E-state index in [0.717, 1.165) is 0 Å². The molecule has 0 aliphatic rings. The van der Waals surface area contributed by atoms with Crippen LogP contribution in [0.2, 0.25) is 0 Å². The number of carbonyl (C=O) groups is 2. The van der Waals surface area contributed by atoms with Crippen molar-refractivity contribution in [2.24, 2.45) is 0 Å². The molecule has 0 bridgehead atoms. The lowest BCUT2D eigenvalue weighted by Gasteiger charge is -2.18. The lowest BCUT2D eigenvalue weighted by molar-refractivity contribution is 0.0520. The number of hydrogen-bond acceptors (Lipinski definition) is 6. The Morgan fingerprint density at radius 1 is 1.36 bits per heavy atom. The van der Waals surface area contributed by atoms with Gasteiger partial charge >= 0.3 is 12.1 Å². The highest BCUT2D eigenvalue weighted by molar-refractivity contribution is 5.95. The van der Waals surface area contributed by atoms with Gasteiger partial charge in [-0.05, 0) is 39.7 Å². The first-order chi connectivity index (χ1) is 11.8. The molecule has 0 aromatic carbocycles. The maximum absolute atomic E-state index is 11.9. The van der Waals surface area contributed by atoms with Crippen LogP contribution in [0.25, 0.3) is 5.65 Å². The van der Waals surface area contributed by atoms with Gasteiger partial charge in [-0.2, -0.15) is 5.10 Å². The summed E-state index contributed by atoms with van der Waals surface area (Å²) in [5.41, 5.74) is 0.530. The monoisotopic (exact) mass is 344 g/mol. The second-order valence-electron chi connectivity index (χ2n) is 6.02. The highest BCUT2D eigenvalue weighted by Gasteiger charge is 2.16. The average Bonchev–Trinajstić information content (AvgIpc) is 2.93. The fourth-order valence-corrected chi connectivity index (χ4v) is 1.86. The number of rotatable bonds is 3. The smallest absolute Gasteiger partial charge is 0.408 e. The minimum absolute atomic E-state index is 0.117. The Morgan fingerprint density at radius 3 is 2.80 bits per heavy atom. The van der Waals surface area contributed by atoms with E-state index in [1.165, 1.54) is 10.7 Å². The molecule has 1 amide bonds. The average molecular weight is 344 g/mol. The molecule has 0 radical (unpaired) electrons. The molecule has 8 heteroatoms. The number of ether oxygens (including phenoxy) is 2. The van der Waals surface area contributed by atoms with E-state index >= 15 is 0 Å². The van der Waals surface area contributed by atoms with Crippen molar-refractivity contribution in [2.75, 3.05) is 13.2 Å². The molecule has 2 aromatic heterocycles. The van der Waals surface area contributed by atoms with Crippen LogP contribution in [-0.2, 0) is 9.47 Å². The van der Waals surface area contributed by atoms with Gasteiger partial charge in [0.25, 0.3) is 0 Å². The van der Waals surface area contributed by atoms with Crippen LogP contribution in [0.1, 0.15) is 43.7 Å². The van der Waals surface area contributed by atoms with Crippen molar-refractivity contribution in [2.45, 2.75) is 33.3 Å². The van der Waals surface area contributed by atoms with Gasteiger partial charge in [0.05, 0.1) is 19.3 Å². The van der Waals surface area contributed by atoms with Crippen LogP contribution in [0.3, 0.4) is 0 Å². The Kier molecular flexibility index (Phi) is 5.60. The van der Waals surface area contributed by atoms with Gasteiger partial charge in [-0.1, -0.05) is 5.92 Å². The summed E-state index contributed by atoms with van der Waals surface area (Å²) in [6.07, 6.45) is 2.52. The summed E-state index contributed by atoms with van der Waals surface area (Å²) in [5.74, 6) is 5.11. The second-order valence-corrected chi connectivity index (χ2v) is 6.02. The predicted molar refractivity (Wildman–Crippen MR) is 90.1 cm³/mol. The Balaban J connectivity index is 2.06. The normalized spacial score (nSPS) is 10.7. The number of alkyl carbamates (subject to hydrolysis) is 1. The van der Waals surface area contributed by atoms with Crippen molar-refractivity contribution in [3.63, 3.8) is 0 Å². The molecule has 25 heavy (non-hydrogen) atoms. The molecule has 0 fully saturated rings. The Morgan fingerprint density at radius 2 is 2.12 bits per heavy atom. The SMILES string of the molecule is CCOC(=O)c1cnn2ccc(C#CCNC(=O)OC(C)(C)C)nc12. The maximum Gasteiger partial charge on any atom is 0.408 e. The van der Waals surface area contributed by atoms with Gasteiger partial charge in [-0.25, -0.2) is 19.1 Å². The van der Waals surface area contributed by atoms with E-state index in [1.807, 2.05) is 0 Å². The second kappa shape index (κ2) is 7.66. The van der Waals surface area contributed by atoms with E-state index in [4.69, 9.17) is 9.47 Å². The quantitative estimate of drug-likeness (QED) is 0.674.